The molecule has 0 bridgehead atoms. The van der Waals surface area contributed by atoms with Crippen molar-refractivity contribution >= 4 is 29.1 Å². The zero-order valence-corrected chi connectivity index (χ0v) is 24.2. The molecule has 4 unspecified atom stereocenters. The molecule has 0 saturated heterocycles. The van der Waals surface area contributed by atoms with E-state index in [1.165, 1.54) is 31.1 Å². The van der Waals surface area contributed by atoms with Crippen molar-refractivity contribution in [1.29, 1.82) is 0 Å². The highest BCUT2D eigenvalue weighted by molar-refractivity contribution is 6.25. The molecule has 10 N–H and O–H groups in total. The standard InChI is InChI=1S/C31H34N4O9/c1-12-14-9-10-16(34-30(43)15(32)11-13-7-5-4-6-8-13)23(36)18(14)24(37)19-17(12)25(38)21-22(35(2)3)26(39)20(29(33)42)28(41)31(21,44)27(19)40/h4-10,12,15,17,21-22,25,36,38-40,44H,11,32H2,1-3H3,(H2,33,42)(H,34,43)/t12?,15-,17?,21?,22+,25?,31+/m1/s1. The number of phenolic OH excluding ortho intramolecular Hbond substituents is 1. The Balaban J connectivity index is 1.59. The van der Waals surface area contributed by atoms with Gasteiger partial charge in [-0.05, 0) is 43.6 Å². The van der Waals surface area contributed by atoms with Crippen molar-refractivity contribution in [3.63, 3.8) is 0 Å². The maximum atomic E-state index is 14.0. The zero-order chi connectivity index (χ0) is 32.4. The Kier molecular flexibility index (Phi) is 7.62. The highest BCUT2D eigenvalue weighted by Gasteiger charge is 2.67. The van der Waals surface area contributed by atoms with Crippen LogP contribution in [0, 0.1) is 11.8 Å². The van der Waals surface area contributed by atoms with Crippen molar-refractivity contribution in [2.75, 3.05) is 19.4 Å². The summed E-state index contributed by atoms with van der Waals surface area (Å²) in [4.78, 5) is 53.9. The van der Waals surface area contributed by atoms with Gasteiger partial charge in [0.1, 0.15) is 17.1 Å². The third-order valence-electron chi connectivity index (χ3n) is 9.02. The number of nitrogens with one attached hydrogen (secondary N) is 1. The number of benzene rings is 2. The number of Topliss-reactive ketones (excluding diaryl/α,β-unsaturated/α-hetero) is 2. The number of fused-ring (bicyclic) bond motifs is 3. The summed E-state index contributed by atoms with van der Waals surface area (Å²) in [6, 6.07) is 9.55. The van der Waals surface area contributed by atoms with Gasteiger partial charge in [-0.3, -0.25) is 24.1 Å². The Morgan fingerprint density at radius 2 is 1.70 bits per heavy atom. The molecule has 0 heterocycles. The molecule has 0 spiro atoms. The number of nitrogens with zero attached hydrogens (tertiary/aromatic N) is 1. The number of aliphatic hydroxyl groups excluding tert-OH is 3. The molecule has 2 aromatic rings. The Hall–Kier alpha value is -4.56. The van der Waals surface area contributed by atoms with Crippen LogP contribution in [0.25, 0.3) is 0 Å². The first-order valence-electron chi connectivity index (χ1n) is 13.9. The topological polar surface area (TPSA) is 237 Å². The number of hydrogen-bond donors (Lipinski definition) is 8. The molecule has 5 rings (SSSR count). The first-order chi connectivity index (χ1) is 20.6. The van der Waals surface area contributed by atoms with Crippen LogP contribution in [0.15, 0.2) is 65.1 Å². The third kappa shape index (κ3) is 4.39. The van der Waals surface area contributed by atoms with E-state index >= 15 is 0 Å². The number of rotatable bonds is 6. The van der Waals surface area contributed by atoms with Gasteiger partial charge in [0.2, 0.25) is 11.7 Å². The van der Waals surface area contributed by atoms with Crippen LogP contribution in [0.3, 0.4) is 0 Å². The summed E-state index contributed by atoms with van der Waals surface area (Å²) in [5.41, 5.74) is 7.49. The van der Waals surface area contributed by atoms with Gasteiger partial charge in [0.15, 0.2) is 17.1 Å². The number of nitrogens with two attached hydrogens (primary N) is 2. The van der Waals surface area contributed by atoms with Gasteiger partial charge in [-0.1, -0.05) is 43.3 Å². The van der Waals surface area contributed by atoms with Crippen molar-refractivity contribution in [3.05, 3.63) is 81.8 Å². The molecule has 7 atom stereocenters. The molecule has 3 aliphatic carbocycles. The van der Waals surface area contributed by atoms with Gasteiger partial charge >= 0.3 is 0 Å². The molecule has 44 heavy (non-hydrogen) atoms. The molecule has 2 aromatic carbocycles. The van der Waals surface area contributed by atoms with Crippen molar-refractivity contribution in [2.45, 2.75) is 43.1 Å². The number of aliphatic hydroxyl groups is 4. The lowest BCUT2D eigenvalue weighted by molar-refractivity contribution is -0.162. The lowest BCUT2D eigenvalue weighted by Crippen LogP contribution is -2.68. The fourth-order valence-electron chi connectivity index (χ4n) is 6.91. The zero-order valence-electron chi connectivity index (χ0n) is 24.2. The quantitative estimate of drug-likeness (QED) is 0.163. The maximum absolute atomic E-state index is 14.0. The highest BCUT2D eigenvalue weighted by atomic mass is 16.4. The van der Waals surface area contributed by atoms with E-state index in [4.69, 9.17) is 11.5 Å². The molecule has 0 saturated carbocycles. The van der Waals surface area contributed by atoms with E-state index in [2.05, 4.69) is 5.32 Å². The largest absolute Gasteiger partial charge is 0.510 e. The predicted octanol–water partition coefficient (Wildman–Crippen LogP) is 0.161. The normalized spacial score (nSPS) is 28.8. The molecular weight excluding hydrogens is 572 g/mol. The Labute approximate surface area is 252 Å². The van der Waals surface area contributed by atoms with Crippen LogP contribution in [0.4, 0.5) is 5.69 Å². The Morgan fingerprint density at radius 3 is 2.30 bits per heavy atom. The van der Waals surface area contributed by atoms with Crippen LogP contribution < -0.4 is 16.8 Å². The van der Waals surface area contributed by atoms with Gasteiger partial charge in [0, 0.05) is 11.5 Å². The van der Waals surface area contributed by atoms with E-state index in [-0.39, 0.29) is 23.2 Å². The fourth-order valence-corrected chi connectivity index (χ4v) is 6.91. The number of hydrogen-bond acceptors (Lipinski definition) is 11. The second-order valence-electron chi connectivity index (χ2n) is 11.8. The Morgan fingerprint density at radius 1 is 1.07 bits per heavy atom. The molecule has 0 fully saturated rings. The van der Waals surface area contributed by atoms with Gasteiger partial charge in [0.25, 0.3) is 5.91 Å². The van der Waals surface area contributed by atoms with Crippen LogP contribution in [-0.4, -0.2) is 91.7 Å². The van der Waals surface area contributed by atoms with Gasteiger partial charge in [-0.15, -0.1) is 0 Å². The molecule has 0 radical (unpaired) electrons. The number of likely N-dealkylation sites (N-methyl/N-ethyl adjacent to an activating group) is 1. The van der Waals surface area contributed by atoms with E-state index in [0.29, 0.717) is 0 Å². The first-order valence-corrected chi connectivity index (χ1v) is 13.9. The number of carbonyl (C=O) groups is 4. The minimum absolute atomic E-state index is 0.144. The second kappa shape index (κ2) is 10.9. The van der Waals surface area contributed by atoms with E-state index in [9.17, 15) is 44.7 Å². The number of anilines is 1. The summed E-state index contributed by atoms with van der Waals surface area (Å²) in [5, 5.41) is 59.6. The minimum Gasteiger partial charge on any atom is -0.510 e. The lowest BCUT2D eigenvalue weighted by atomic mass is 9.55. The molecule has 0 aromatic heterocycles. The molecule has 13 heteroatoms. The molecule has 0 aliphatic heterocycles. The summed E-state index contributed by atoms with van der Waals surface area (Å²) in [5.74, 6) is -10.6. The van der Waals surface area contributed by atoms with Gasteiger partial charge in [-0.25, -0.2) is 0 Å². The average molecular weight is 607 g/mol. The Bertz CT molecular complexity index is 1650. The maximum Gasteiger partial charge on any atom is 0.255 e. The number of primary amides is 1. The predicted molar refractivity (Wildman–Crippen MR) is 157 cm³/mol. The molecule has 13 nitrogen and oxygen atoms in total. The van der Waals surface area contributed by atoms with Crippen LogP contribution in [-0.2, 0) is 20.8 Å². The smallest absolute Gasteiger partial charge is 0.255 e. The molecule has 232 valence electrons. The number of amides is 2. The summed E-state index contributed by atoms with van der Waals surface area (Å²) in [7, 11) is 2.92. The highest BCUT2D eigenvalue weighted by Crippen LogP contribution is 2.56. The molecule has 3 aliphatic rings. The SMILES string of the molecule is CC1c2ccc(NC(=O)[C@H](N)Cc3ccccc3)c(O)c2C(=O)C2=C(O)[C@]3(O)C(=O)C(C(N)=O)=C(O)[C@@H](N(C)C)C3C(O)C21. The summed E-state index contributed by atoms with van der Waals surface area (Å²) < 4.78 is 0. The van der Waals surface area contributed by atoms with E-state index in [1.807, 2.05) is 6.07 Å². The van der Waals surface area contributed by atoms with Gasteiger partial charge in [0.05, 0.1) is 35.4 Å². The first kappa shape index (κ1) is 30.9. The molecular formula is C31H34N4O9. The summed E-state index contributed by atoms with van der Waals surface area (Å²) in [6.45, 7) is 1.62. The fraction of sp³-hybridized carbons (Fsp3) is 0.355. The van der Waals surface area contributed by atoms with Crippen molar-refractivity contribution in [3.8, 4) is 5.75 Å². The van der Waals surface area contributed by atoms with Crippen LogP contribution in [0.5, 0.6) is 5.75 Å². The van der Waals surface area contributed by atoms with Crippen LogP contribution in [0.1, 0.15) is 34.3 Å². The monoisotopic (exact) mass is 606 g/mol. The summed E-state index contributed by atoms with van der Waals surface area (Å²) in [6.07, 6.45) is -1.50. The third-order valence-corrected chi connectivity index (χ3v) is 9.02. The van der Waals surface area contributed by atoms with Crippen LogP contribution in [0.2, 0.25) is 0 Å². The van der Waals surface area contributed by atoms with Crippen molar-refractivity contribution < 1.29 is 44.7 Å². The number of carbonyl (C=O) groups excluding carboxylic acids is 4. The minimum atomic E-state index is -3.02. The average Bonchev–Trinajstić information content (AvgIpc) is 2.96. The van der Waals surface area contributed by atoms with E-state index in [1.54, 1.807) is 31.2 Å². The number of aromatic hydroxyl groups is 1. The number of ketones is 2. The molecule has 2 amide bonds. The van der Waals surface area contributed by atoms with E-state index < -0.39 is 93.3 Å². The second-order valence-corrected chi connectivity index (χ2v) is 11.8. The van der Waals surface area contributed by atoms with E-state index in [0.717, 1.165) is 5.56 Å². The van der Waals surface area contributed by atoms with Crippen molar-refractivity contribution in [1.82, 2.24) is 4.90 Å². The summed E-state index contributed by atoms with van der Waals surface area (Å²) >= 11 is 0. The van der Waals surface area contributed by atoms with Gasteiger partial charge < -0.3 is 42.3 Å². The van der Waals surface area contributed by atoms with Gasteiger partial charge in [-0.2, -0.15) is 0 Å². The number of phenols is 1. The lowest BCUT2D eigenvalue weighted by Gasteiger charge is -2.53. The van der Waals surface area contributed by atoms with Crippen molar-refractivity contribution in [2.24, 2.45) is 23.3 Å². The van der Waals surface area contributed by atoms with Crippen LogP contribution >= 0.6 is 0 Å².